The number of unbranched alkanes of at least 4 members (excludes halogenated alkanes) is 9. The average molecular weight is 262 g/mol. The maximum atomic E-state index is 9.37. The Kier molecular flexibility index (Phi) is 9.22. The van der Waals surface area contributed by atoms with E-state index in [1.165, 1.54) is 69.8 Å². The molecular formula is C18H30O. The fourth-order valence-corrected chi connectivity index (χ4v) is 2.53. The molecule has 19 heavy (non-hydrogen) atoms. The van der Waals surface area contributed by atoms with Crippen molar-refractivity contribution in [2.45, 2.75) is 77.6 Å². The maximum absolute atomic E-state index is 9.37. The molecule has 1 rings (SSSR count). The lowest BCUT2D eigenvalue weighted by molar-refractivity contribution is 0.474. The van der Waals surface area contributed by atoms with E-state index in [2.05, 4.69) is 13.0 Å². The van der Waals surface area contributed by atoms with Gasteiger partial charge in [-0.05, 0) is 30.5 Å². The Morgan fingerprint density at radius 2 is 1.37 bits per heavy atom. The Morgan fingerprint density at radius 1 is 0.789 bits per heavy atom. The van der Waals surface area contributed by atoms with Gasteiger partial charge in [0.2, 0.25) is 0 Å². The van der Waals surface area contributed by atoms with E-state index in [1.54, 1.807) is 6.07 Å². The SMILES string of the molecule is CCCCCCCCCCCCc1cccc(O)c1. The van der Waals surface area contributed by atoms with E-state index in [-0.39, 0.29) is 0 Å². The summed E-state index contributed by atoms with van der Waals surface area (Å²) in [5.41, 5.74) is 1.26. The number of phenols is 1. The third-order valence-electron chi connectivity index (χ3n) is 3.73. The van der Waals surface area contributed by atoms with E-state index in [1.807, 2.05) is 12.1 Å². The minimum atomic E-state index is 0.393. The molecule has 0 radical (unpaired) electrons. The second-order valence-corrected chi connectivity index (χ2v) is 5.60. The Balaban J connectivity index is 1.89. The molecule has 0 spiro atoms. The van der Waals surface area contributed by atoms with Crippen molar-refractivity contribution in [1.82, 2.24) is 0 Å². The number of hydrogen-bond acceptors (Lipinski definition) is 1. The molecule has 1 nitrogen and oxygen atoms in total. The van der Waals surface area contributed by atoms with Crippen molar-refractivity contribution in [3.8, 4) is 5.75 Å². The Labute approximate surface area is 119 Å². The van der Waals surface area contributed by atoms with E-state index < -0.39 is 0 Å². The summed E-state index contributed by atoms with van der Waals surface area (Å²) >= 11 is 0. The van der Waals surface area contributed by atoms with Crippen LogP contribution in [0.1, 0.15) is 76.7 Å². The van der Waals surface area contributed by atoms with Gasteiger partial charge in [-0.15, -0.1) is 0 Å². The molecule has 0 amide bonds. The summed E-state index contributed by atoms with van der Waals surface area (Å²) in [5.74, 6) is 0.393. The van der Waals surface area contributed by atoms with Crippen molar-refractivity contribution >= 4 is 0 Å². The third-order valence-corrected chi connectivity index (χ3v) is 3.73. The molecule has 1 aromatic carbocycles. The molecule has 0 saturated carbocycles. The lowest BCUT2D eigenvalue weighted by Gasteiger charge is -2.03. The third kappa shape index (κ3) is 8.69. The quantitative estimate of drug-likeness (QED) is 0.495. The van der Waals surface area contributed by atoms with Crippen molar-refractivity contribution in [2.24, 2.45) is 0 Å². The van der Waals surface area contributed by atoms with Crippen LogP contribution in [0.3, 0.4) is 0 Å². The molecule has 1 heteroatoms. The first-order chi connectivity index (χ1) is 9.33. The molecule has 0 aliphatic heterocycles. The Bertz CT molecular complexity index is 319. The van der Waals surface area contributed by atoms with Gasteiger partial charge in [0.15, 0.2) is 0 Å². The number of rotatable bonds is 11. The molecule has 0 heterocycles. The molecule has 0 fully saturated rings. The summed E-state index contributed by atoms with van der Waals surface area (Å²) in [7, 11) is 0. The minimum absolute atomic E-state index is 0.393. The molecule has 0 aromatic heterocycles. The number of hydrogen-bond donors (Lipinski definition) is 1. The number of benzene rings is 1. The first kappa shape index (κ1) is 16.1. The van der Waals surface area contributed by atoms with Crippen LogP contribution in [0.15, 0.2) is 24.3 Å². The molecule has 108 valence electrons. The number of aromatic hydroxyl groups is 1. The van der Waals surface area contributed by atoms with Gasteiger partial charge in [0, 0.05) is 0 Å². The van der Waals surface area contributed by atoms with Crippen LogP contribution >= 0.6 is 0 Å². The maximum Gasteiger partial charge on any atom is 0.115 e. The molecule has 0 saturated heterocycles. The molecule has 0 bridgehead atoms. The summed E-state index contributed by atoms with van der Waals surface area (Å²) in [5, 5.41) is 9.37. The second-order valence-electron chi connectivity index (χ2n) is 5.60. The molecule has 0 atom stereocenters. The van der Waals surface area contributed by atoms with Crippen LogP contribution in [0.4, 0.5) is 0 Å². The van der Waals surface area contributed by atoms with Crippen molar-refractivity contribution in [3.05, 3.63) is 29.8 Å². The second kappa shape index (κ2) is 10.9. The fraction of sp³-hybridized carbons (Fsp3) is 0.667. The van der Waals surface area contributed by atoms with Gasteiger partial charge in [-0.1, -0.05) is 76.8 Å². The minimum Gasteiger partial charge on any atom is -0.508 e. The fourth-order valence-electron chi connectivity index (χ4n) is 2.53. The lowest BCUT2D eigenvalue weighted by Crippen LogP contribution is -1.86. The molecular weight excluding hydrogens is 232 g/mol. The van der Waals surface area contributed by atoms with Crippen molar-refractivity contribution < 1.29 is 5.11 Å². The summed E-state index contributed by atoms with van der Waals surface area (Å²) in [4.78, 5) is 0. The lowest BCUT2D eigenvalue weighted by atomic mass is 10.0. The Morgan fingerprint density at radius 3 is 1.95 bits per heavy atom. The summed E-state index contributed by atoms with van der Waals surface area (Å²) in [6, 6.07) is 7.66. The van der Waals surface area contributed by atoms with Crippen molar-refractivity contribution in [1.29, 1.82) is 0 Å². The molecule has 0 aliphatic carbocycles. The monoisotopic (exact) mass is 262 g/mol. The standard InChI is InChI=1S/C18H30O/c1-2-3-4-5-6-7-8-9-10-11-13-17-14-12-15-18(19)16-17/h12,14-16,19H,2-11,13H2,1H3. The molecule has 0 unspecified atom stereocenters. The zero-order valence-corrected chi connectivity index (χ0v) is 12.5. The first-order valence-electron chi connectivity index (χ1n) is 8.11. The summed E-state index contributed by atoms with van der Waals surface area (Å²) < 4.78 is 0. The van der Waals surface area contributed by atoms with Crippen LogP contribution in [0.25, 0.3) is 0 Å². The topological polar surface area (TPSA) is 20.2 Å². The first-order valence-corrected chi connectivity index (χ1v) is 8.11. The normalized spacial score (nSPS) is 10.8. The largest absolute Gasteiger partial charge is 0.508 e. The van der Waals surface area contributed by atoms with Crippen LogP contribution in [-0.4, -0.2) is 5.11 Å². The van der Waals surface area contributed by atoms with Crippen LogP contribution in [0, 0.1) is 0 Å². The zero-order valence-electron chi connectivity index (χ0n) is 12.5. The highest BCUT2D eigenvalue weighted by atomic mass is 16.3. The van der Waals surface area contributed by atoms with Gasteiger partial charge in [0.05, 0.1) is 0 Å². The van der Waals surface area contributed by atoms with Gasteiger partial charge in [-0.3, -0.25) is 0 Å². The van der Waals surface area contributed by atoms with Gasteiger partial charge in [0.1, 0.15) is 5.75 Å². The highest BCUT2D eigenvalue weighted by Gasteiger charge is 1.96. The van der Waals surface area contributed by atoms with Crippen molar-refractivity contribution in [3.63, 3.8) is 0 Å². The van der Waals surface area contributed by atoms with Gasteiger partial charge >= 0.3 is 0 Å². The van der Waals surface area contributed by atoms with E-state index >= 15 is 0 Å². The van der Waals surface area contributed by atoms with Crippen LogP contribution < -0.4 is 0 Å². The number of phenolic OH excluding ortho intramolecular Hbond substituents is 1. The van der Waals surface area contributed by atoms with Crippen LogP contribution in [-0.2, 0) is 6.42 Å². The van der Waals surface area contributed by atoms with E-state index in [4.69, 9.17) is 0 Å². The van der Waals surface area contributed by atoms with Gasteiger partial charge in [-0.2, -0.15) is 0 Å². The molecule has 1 aromatic rings. The number of aryl methyl sites for hydroxylation is 1. The van der Waals surface area contributed by atoms with Crippen LogP contribution in [0.2, 0.25) is 0 Å². The van der Waals surface area contributed by atoms with Crippen molar-refractivity contribution in [2.75, 3.05) is 0 Å². The Hall–Kier alpha value is -0.980. The summed E-state index contributed by atoms with van der Waals surface area (Å²) in [6.45, 7) is 2.27. The highest BCUT2D eigenvalue weighted by Crippen LogP contribution is 2.15. The molecule has 1 N–H and O–H groups in total. The van der Waals surface area contributed by atoms with Crippen LogP contribution in [0.5, 0.6) is 5.75 Å². The van der Waals surface area contributed by atoms with Gasteiger partial charge in [0.25, 0.3) is 0 Å². The van der Waals surface area contributed by atoms with Gasteiger partial charge in [-0.25, -0.2) is 0 Å². The molecule has 0 aliphatic rings. The smallest absolute Gasteiger partial charge is 0.115 e. The van der Waals surface area contributed by atoms with Gasteiger partial charge < -0.3 is 5.11 Å². The average Bonchev–Trinajstić information content (AvgIpc) is 2.41. The predicted octanol–water partition coefficient (Wildman–Crippen LogP) is 5.86. The van der Waals surface area contributed by atoms with E-state index in [0.29, 0.717) is 5.75 Å². The van der Waals surface area contributed by atoms with E-state index in [0.717, 1.165) is 6.42 Å². The van der Waals surface area contributed by atoms with E-state index in [9.17, 15) is 5.11 Å². The highest BCUT2D eigenvalue weighted by molar-refractivity contribution is 5.27. The zero-order chi connectivity index (χ0) is 13.8. The predicted molar refractivity (Wildman–Crippen MR) is 83.7 cm³/mol. The summed E-state index contributed by atoms with van der Waals surface area (Å²) in [6.07, 6.45) is 14.9.